The number of carbonyl (C=O) groups is 2. The van der Waals surface area contributed by atoms with Crippen LogP contribution in [0.4, 0.5) is 11.4 Å². The fourth-order valence-corrected chi connectivity index (χ4v) is 2.84. The van der Waals surface area contributed by atoms with Crippen LogP contribution in [0.2, 0.25) is 5.02 Å². The lowest BCUT2D eigenvalue weighted by atomic mass is 10.2. The van der Waals surface area contributed by atoms with E-state index in [4.69, 9.17) is 20.8 Å². The maximum atomic E-state index is 11.9. The van der Waals surface area contributed by atoms with Crippen LogP contribution in [0.3, 0.4) is 0 Å². The van der Waals surface area contributed by atoms with E-state index in [-0.39, 0.29) is 22.8 Å². The first-order valence-electron chi connectivity index (χ1n) is 8.96. The summed E-state index contributed by atoms with van der Waals surface area (Å²) in [4.78, 5) is 33.9. The molecule has 0 saturated carbocycles. The Morgan fingerprint density at radius 3 is 2.57 bits per heavy atom. The number of nitro benzene ring substituents is 1. The van der Waals surface area contributed by atoms with Gasteiger partial charge < -0.3 is 14.5 Å². The SMILES string of the molecule is O=C(COC(=O)CCc1ccc(-c2ccccc2)o1)Nc1ccc([N+](=O)[O-])cc1Cl. The van der Waals surface area contributed by atoms with Crippen LogP contribution < -0.4 is 5.32 Å². The summed E-state index contributed by atoms with van der Waals surface area (Å²) in [6, 6.07) is 16.8. The van der Waals surface area contributed by atoms with E-state index in [9.17, 15) is 19.7 Å². The Morgan fingerprint density at radius 1 is 1.10 bits per heavy atom. The average Bonchev–Trinajstić information content (AvgIpc) is 3.22. The van der Waals surface area contributed by atoms with Crippen LogP contribution in [0, 0.1) is 10.1 Å². The number of furan rings is 1. The molecule has 0 aliphatic heterocycles. The molecule has 1 N–H and O–H groups in total. The number of amides is 1. The summed E-state index contributed by atoms with van der Waals surface area (Å²) in [6.45, 7) is -0.500. The smallest absolute Gasteiger partial charge is 0.306 e. The van der Waals surface area contributed by atoms with E-state index in [0.717, 1.165) is 11.6 Å². The maximum Gasteiger partial charge on any atom is 0.306 e. The van der Waals surface area contributed by atoms with Gasteiger partial charge in [-0.1, -0.05) is 41.9 Å². The molecule has 0 spiro atoms. The Balaban J connectivity index is 1.44. The van der Waals surface area contributed by atoms with E-state index >= 15 is 0 Å². The first-order valence-corrected chi connectivity index (χ1v) is 9.34. The molecule has 8 nitrogen and oxygen atoms in total. The molecule has 0 unspecified atom stereocenters. The quantitative estimate of drug-likeness (QED) is 0.318. The highest BCUT2D eigenvalue weighted by Gasteiger charge is 2.14. The van der Waals surface area contributed by atoms with Crippen molar-refractivity contribution in [1.82, 2.24) is 0 Å². The van der Waals surface area contributed by atoms with E-state index in [1.807, 2.05) is 36.4 Å². The van der Waals surface area contributed by atoms with Crippen LogP contribution in [0.15, 0.2) is 65.1 Å². The number of hydrogen-bond acceptors (Lipinski definition) is 6. The number of rotatable bonds is 8. The number of hydrogen-bond donors (Lipinski definition) is 1. The number of nitro groups is 1. The van der Waals surface area contributed by atoms with Crippen LogP contribution in [-0.4, -0.2) is 23.4 Å². The Labute approximate surface area is 176 Å². The molecule has 1 amide bonds. The van der Waals surface area contributed by atoms with Gasteiger partial charge in [0.2, 0.25) is 0 Å². The van der Waals surface area contributed by atoms with Crippen LogP contribution in [0.1, 0.15) is 12.2 Å². The number of nitrogens with one attached hydrogen (secondary N) is 1. The minimum Gasteiger partial charge on any atom is -0.461 e. The molecule has 0 fully saturated rings. The standard InChI is InChI=1S/C21H17ClN2O6/c22-17-12-15(24(27)28)6-9-18(17)23-20(25)13-29-21(26)11-8-16-7-10-19(30-16)14-4-2-1-3-5-14/h1-7,9-10,12H,8,11,13H2,(H,23,25). The van der Waals surface area contributed by atoms with E-state index in [2.05, 4.69) is 5.32 Å². The van der Waals surface area contributed by atoms with Gasteiger partial charge >= 0.3 is 5.97 Å². The Hall–Kier alpha value is -3.65. The fourth-order valence-electron chi connectivity index (χ4n) is 2.62. The largest absolute Gasteiger partial charge is 0.461 e. The van der Waals surface area contributed by atoms with E-state index < -0.39 is 23.4 Å². The predicted octanol–water partition coefficient (Wildman–Crippen LogP) is 4.62. The molecule has 0 bridgehead atoms. The van der Waals surface area contributed by atoms with Crippen molar-refractivity contribution in [3.05, 3.63) is 81.6 Å². The zero-order valence-electron chi connectivity index (χ0n) is 15.7. The molecule has 2 aromatic carbocycles. The molecule has 154 valence electrons. The number of anilines is 1. The second-order valence-electron chi connectivity index (χ2n) is 6.26. The van der Waals surface area contributed by atoms with Gasteiger partial charge in [-0.2, -0.15) is 0 Å². The second-order valence-corrected chi connectivity index (χ2v) is 6.67. The molecule has 1 heterocycles. The maximum absolute atomic E-state index is 11.9. The minimum absolute atomic E-state index is 0.0101. The van der Waals surface area contributed by atoms with E-state index in [1.165, 1.54) is 12.1 Å². The van der Waals surface area contributed by atoms with Gasteiger partial charge in [-0.3, -0.25) is 19.7 Å². The minimum atomic E-state index is -0.608. The zero-order chi connectivity index (χ0) is 21.5. The topological polar surface area (TPSA) is 112 Å². The molecular weight excluding hydrogens is 412 g/mol. The van der Waals surface area contributed by atoms with Crippen molar-refractivity contribution in [3.63, 3.8) is 0 Å². The van der Waals surface area contributed by atoms with E-state index in [0.29, 0.717) is 17.9 Å². The van der Waals surface area contributed by atoms with Gasteiger partial charge in [-0.05, 0) is 18.2 Å². The van der Waals surface area contributed by atoms with Crippen molar-refractivity contribution in [2.45, 2.75) is 12.8 Å². The zero-order valence-corrected chi connectivity index (χ0v) is 16.4. The summed E-state index contributed by atoms with van der Waals surface area (Å²) in [5, 5.41) is 13.1. The summed E-state index contributed by atoms with van der Waals surface area (Å²) in [5.41, 5.74) is 0.929. The summed E-state index contributed by atoms with van der Waals surface area (Å²) in [7, 11) is 0. The number of esters is 1. The molecule has 0 aliphatic rings. The van der Waals surface area contributed by atoms with Gasteiger partial charge in [0.1, 0.15) is 11.5 Å². The number of carbonyl (C=O) groups excluding carboxylic acids is 2. The first kappa shape index (κ1) is 21.1. The molecule has 0 saturated heterocycles. The average molecular weight is 429 g/mol. The van der Waals surface area contributed by atoms with Crippen molar-refractivity contribution < 1.29 is 23.7 Å². The van der Waals surface area contributed by atoms with Crippen molar-refractivity contribution in [3.8, 4) is 11.3 Å². The Bertz CT molecular complexity index is 1060. The van der Waals surface area contributed by atoms with Gasteiger partial charge in [0, 0.05) is 24.1 Å². The van der Waals surface area contributed by atoms with Gasteiger partial charge in [0.05, 0.1) is 22.1 Å². The van der Waals surface area contributed by atoms with Gasteiger partial charge in [-0.25, -0.2) is 0 Å². The molecule has 0 radical (unpaired) electrons. The summed E-state index contributed by atoms with van der Waals surface area (Å²) < 4.78 is 10.7. The number of benzene rings is 2. The number of non-ortho nitro benzene ring substituents is 1. The van der Waals surface area contributed by atoms with Crippen LogP contribution in [0.25, 0.3) is 11.3 Å². The molecule has 9 heteroatoms. The van der Waals surface area contributed by atoms with Gasteiger partial charge in [0.15, 0.2) is 6.61 Å². The summed E-state index contributed by atoms with van der Waals surface area (Å²) in [5.74, 6) is 0.173. The Morgan fingerprint density at radius 2 is 1.87 bits per heavy atom. The highest BCUT2D eigenvalue weighted by atomic mass is 35.5. The molecule has 0 aliphatic carbocycles. The van der Waals surface area contributed by atoms with Crippen LogP contribution in [0.5, 0.6) is 0 Å². The van der Waals surface area contributed by atoms with Crippen molar-refractivity contribution in [1.29, 1.82) is 0 Å². The number of aryl methyl sites for hydroxylation is 1. The Kier molecular flexibility index (Phi) is 6.82. The van der Waals surface area contributed by atoms with Crippen molar-refractivity contribution in [2.24, 2.45) is 0 Å². The third-order valence-electron chi connectivity index (χ3n) is 4.10. The second kappa shape index (κ2) is 9.71. The first-order chi connectivity index (χ1) is 14.4. The highest BCUT2D eigenvalue weighted by molar-refractivity contribution is 6.34. The number of nitrogens with zero attached hydrogens (tertiary/aromatic N) is 1. The lowest BCUT2D eigenvalue weighted by Gasteiger charge is -2.08. The van der Waals surface area contributed by atoms with Crippen molar-refractivity contribution >= 4 is 34.9 Å². The van der Waals surface area contributed by atoms with Crippen molar-refractivity contribution in [2.75, 3.05) is 11.9 Å². The molecule has 30 heavy (non-hydrogen) atoms. The fraction of sp³-hybridized carbons (Fsp3) is 0.143. The van der Waals surface area contributed by atoms with Crippen LogP contribution in [-0.2, 0) is 20.7 Å². The molecule has 3 rings (SSSR count). The van der Waals surface area contributed by atoms with Gasteiger partial charge in [0.25, 0.3) is 11.6 Å². The number of ether oxygens (including phenoxy) is 1. The third kappa shape index (κ3) is 5.68. The lowest BCUT2D eigenvalue weighted by molar-refractivity contribution is -0.384. The summed E-state index contributed by atoms with van der Waals surface area (Å²) in [6.07, 6.45) is 0.384. The molecule has 3 aromatic rings. The van der Waals surface area contributed by atoms with Gasteiger partial charge in [-0.15, -0.1) is 0 Å². The molecule has 1 aromatic heterocycles. The van der Waals surface area contributed by atoms with E-state index in [1.54, 1.807) is 6.07 Å². The normalized spacial score (nSPS) is 10.4. The predicted molar refractivity (Wildman–Crippen MR) is 110 cm³/mol. The number of halogens is 1. The monoisotopic (exact) mass is 428 g/mol. The highest BCUT2D eigenvalue weighted by Crippen LogP contribution is 2.26. The summed E-state index contributed by atoms with van der Waals surface area (Å²) >= 11 is 5.91. The molecular formula is C21H17ClN2O6. The lowest BCUT2D eigenvalue weighted by Crippen LogP contribution is -2.21. The third-order valence-corrected chi connectivity index (χ3v) is 4.41. The molecule has 0 atom stereocenters. The van der Waals surface area contributed by atoms with Crippen LogP contribution >= 0.6 is 11.6 Å².